The van der Waals surface area contributed by atoms with Crippen LogP contribution >= 0.6 is 11.3 Å². The summed E-state index contributed by atoms with van der Waals surface area (Å²) in [6.07, 6.45) is 2.61. The molecule has 1 saturated heterocycles. The lowest BCUT2D eigenvalue weighted by atomic mass is 9.81. The van der Waals surface area contributed by atoms with Crippen molar-refractivity contribution < 1.29 is 4.79 Å². The van der Waals surface area contributed by atoms with Crippen LogP contribution in [0, 0.1) is 12.8 Å². The molecule has 0 spiro atoms. The van der Waals surface area contributed by atoms with Crippen LogP contribution in [0.2, 0.25) is 0 Å². The number of rotatable bonds is 2. The molecule has 6 nitrogen and oxygen atoms in total. The second kappa shape index (κ2) is 6.15. The maximum absolute atomic E-state index is 12.7. The maximum Gasteiger partial charge on any atom is 0.325 e. The summed E-state index contributed by atoms with van der Waals surface area (Å²) in [4.78, 5) is 38.0. The highest BCUT2D eigenvalue weighted by Gasteiger charge is 2.31. The summed E-state index contributed by atoms with van der Waals surface area (Å²) in [5.41, 5.74) is 2.26. The summed E-state index contributed by atoms with van der Waals surface area (Å²) in [6.45, 7) is 5.63. The molecule has 1 fully saturated rings. The van der Waals surface area contributed by atoms with Gasteiger partial charge >= 0.3 is 5.69 Å². The van der Waals surface area contributed by atoms with E-state index in [0.29, 0.717) is 17.5 Å². The van der Waals surface area contributed by atoms with Gasteiger partial charge in [-0.05, 0) is 48.9 Å². The predicted molar refractivity (Wildman–Crippen MR) is 98.2 cm³/mol. The van der Waals surface area contributed by atoms with Crippen molar-refractivity contribution in [2.24, 2.45) is 5.92 Å². The Bertz CT molecular complexity index is 986. The first-order chi connectivity index (χ1) is 12.0. The number of carbonyl (C=O) groups excluding carboxylic acids is 1. The number of piperidine rings is 1. The second-order valence-electron chi connectivity index (χ2n) is 6.74. The third-order valence-electron chi connectivity index (χ3n) is 5.00. The molecule has 3 aromatic heterocycles. The third-order valence-corrected chi connectivity index (χ3v) is 5.99. The topological polar surface area (TPSA) is 81.8 Å². The van der Waals surface area contributed by atoms with Crippen molar-refractivity contribution in [3.05, 3.63) is 50.2 Å². The van der Waals surface area contributed by atoms with Gasteiger partial charge in [-0.15, -0.1) is 11.3 Å². The molecule has 2 unspecified atom stereocenters. The van der Waals surface area contributed by atoms with E-state index >= 15 is 0 Å². The number of amides is 1. The monoisotopic (exact) mass is 356 g/mol. The molecule has 2 N–H and O–H groups in total. The molecule has 1 aliphatic heterocycles. The SMILES string of the molecule is Cc1ccc(C(=O)N2CCC(c3ccnc4[nH]c(=O)[nH]c34)C(C)C2)s1. The fourth-order valence-electron chi connectivity index (χ4n) is 3.76. The van der Waals surface area contributed by atoms with Gasteiger partial charge in [0.15, 0.2) is 5.65 Å². The van der Waals surface area contributed by atoms with Crippen molar-refractivity contribution in [3.8, 4) is 0 Å². The van der Waals surface area contributed by atoms with Crippen LogP contribution in [0.15, 0.2) is 29.2 Å². The van der Waals surface area contributed by atoms with Gasteiger partial charge in [0.25, 0.3) is 5.91 Å². The summed E-state index contributed by atoms with van der Waals surface area (Å²) in [5, 5.41) is 0. The lowest BCUT2D eigenvalue weighted by molar-refractivity contribution is 0.0666. The van der Waals surface area contributed by atoms with Gasteiger partial charge in [0.1, 0.15) is 0 Å². The highest BCUT2D eigenvalue weighted by atomic mass is 32.1. The van der Waals surface area contributed by atoms with E-state index in [1.54, 1.807) is 17.5 Å². The molecule has 0 bridgehead atoms. The van der Waals surface area contributed by atoms with E-state index < -0.39 is 0 Å². The molecule has 0 aliphatic carbocycles. The molecule has 4 rings (SSSR count). The molecule has 130 valence electrons. The number of aryl methyl sites for hydroxylation is 1. The number of likely N-dealkylation sites (tertiary alicyclic amines) is 1. The van der Waals surface area contributed by atoms with Crippen molar-refractivity contribution in [3.63, 3.8) is 0 Å². The first-order valence-corrected chi connectivity index (χ1v) is 9.27. The molecule has 7 heteroatoms. The highest BCUT2D eigenvalue weighted by Crippen LogP contribution is 2.35. The van der Waals surface area contributed by atoms with Crippen LogP contribution in [0.4, 0.5) is 0 Å². The average Bonchev–Trinajstić information content (AvgIpc) is 3.18. The number of hydrogen-bond donors (Lipinski definition) is 2. The average molecular weight is 356 g/mol. The first-order valence-electron chi connectivity index (χ1n) is 8.45. The number of nitrogens with one attached hydrogen (secondary N) is 2. The largest absolute Gasteiger partial charge is 0.338 e. The number of H-pyrrole nitrogens is 2. The number of carbonyl (C=O) groups is 1. The van der Waals surface area contributed by atoms with E-state index in [1.807, 2.05) is 30.0 Å². The second-order valence-corrected chi connectivity index (χ2v) is 8.02. The van der Waals surface area contributed by atoms with E-state index in [4.69, 9.17) is 0 Å². The normalized spacial score (nSPS) is 21.0. The van der Waals surface area contributed by atoms with Crippen molar-refractivity contribution in [2.45, 2.75) is 26.2 Å². The summed E-state index contributed by atoms with van der Waals surface area (Å²) >= 11 is 1.55. The lowest BCUT2D eigenvalue weighted by Gasteiger charge is -2.37. The van der Waals surface area contributed by atoms with Gasteiger partial charge < -0.3 is 9.88 Å². The molecule has 1 amide bonds. The van der Waals surface area contributed by atoms with Gasteiger partial charge in [0.2, 0.25) is 0 Å². The van der Waals surface area contributed by atoms with Crippen molar-refractivity contribution in [1.29, 1.82) is 0 Å². The van der Waals surface area contributed by atoms with Gasteiger partial charge in [0, 0.05) is 24.2 Å². The van der Waals surface area contributed by atoms with Gasteiger partial charge in [-0.25, -0.2) is 9.78 Å². The summed E-state index contributed by atoms with van der Waals surface area (Å²) in [6, 6.07) is 5.88. The van der Waals surface area contributed by atoms with Gasteiger partial charge in [-0.3, -0.25) is 9.78 Å². The molecule has 3 aromatic rings. The van der Waals surface area contributed by atoms with Gasteiger partial charge in [-0.2, -0.15) is 0 Å². The summed E-state index contributed by atoms with van der Waals surface area (Å²) < 4.78 is 0. The zero-order valence-electron chi connectivity index (χ0n) is 14.2. The number of imidazole rings is 1. The van der Waals surface area contributed by atoms with E-state index in [9.17, 15) is 9.59 Å². The minimum absolute atomic E-state index is 0.123. The Morgan fingerprint density at radius 2 is 2.16 bits per heavy atom. The Hall–Kier alpha value is -2.41. The van der Waals surface area contributed by atoms with E-state index in [2.05, 4.69) is 21.9 Å². The number of thiophene rings is 1. The fraction of sp³-hybridized carbons (Fsp3) is 0.389. The van der Waals surface area contributed by atoms with Crippen molar-refractivity contribution in [1.82, 2.24) is 19.9 Å². The lowest BCUT2D eigenvalue weighted by Crippen LogP contribution is -2.42. The quantitative estimate of drug-likeness (QED) is 0.741. The van der Waals surface area contributed by atoms with Crippen LogP contribution in [-0.4, -0.2) is 38.8 Å². The number of aromatic nitrogens is 3. The van der Waals surface area contributed by atoms with Crippen molar-refractivity contribution in [2.75, 3.05) is 13.1 Å². The summed E-state index contributed by atoms with van der Waals surface area (Å²) in [5.74, 6) is 0.729. The zero-order valence-corrected chi connectivity index (χ0v) is 15.0. The molecule has 2 atom stereocenters. The molecule has 4 heterocycles. The first kappa shape index (κ1) is 16.1. The minimum atomic E-state index is -0.233. The Kier molecular flexibility index (Phi) is 3.95. The van der Waals surface area contributed by atoms with E-state index in [1.165, 1.54) is 0 Å². The highest BCUT2D eigenvalue weighted by molar-refractivity contribution is 7.13. The molecule has 0 saturated carbocycles. The Morgan fingerprint density at radius 3 is 2.88 bits per heavy atom. The smallest absolute Gasteiger partial charge is 0.325 e. The van der Waals surface area contributed by atoms with Crippen LogP contribution in [0.5, 0.6) is 0 Å². The van der Waals surface area contributed by atoms with Crippen LogP contribution < -0.4 is 5.69 Å². The molecule has 0 aromatic carbocycles. The summed E-state index contributed by atoms with van der Waals surface area (Å²) in [7, 11) is 0. The minimum Gasteiger partial charge on any atom is -0.338 e. The van der Waals surface area contributed by atoms with Crippen LogP contribution in [0.25, 0.3) is 11.2 Å². The molecular formula is C18H20N4O2S. The third kappa shape index (κ3) is 2.89. The molecule has 25 heavy (non-hydrogen) atoms. The van der Waals surface area contributed by atoms with Gasteiger partial charge in [0.05, 0.1) is 10.4 Å². The van der Waals surface area contributed by atoms with Crippen LogP contribution in [0.1, 0.15) is 39.4 Å². The molecular weight excluding hydrogens is 336 g/mol. The van der Waals surface area contributed by atoms with Gasteiger partial charge in [-0.1, -0.05) is 6.92 Å². The Balaban J connectivity index is 1.57. The fourth-order valence-corrected chi connectivity index (χ4v) is 4.60. The Morgan fingerprint density at radius 1 is 1.32 bits per heavy atom. The van der Waals surface area contributed by atoms with Crippen LogP contribution in [0.3, 0.4) is 0 Å². The van der Waals surface area contributed by atoms with E-state index in [-0.39, 0.29) is 11.6 Å². The van der Waals surface area contributed by atoms with E-state index in [0.717, 1.165) is 40.3 Å². The molecule has 0 radical (unpaired) electrons. The number of pyridine rings is 1. The molecule has 1 aliphatic rings. The number of fused-ring (bicyclic) bond motifs is 1. The number of aromatic amines is 2. The Labute approximate surface area is 148 Å². The van der Waals surface area contributed by atoms with Crippen molar-refractivity contribution >= 4 is 28.4 Å². The number of hydrogen-bond acceptors (Lipinski definition) is 4. The van der Waals surface area contributed by atoms with Crippen LogP contribution in [-0.2, 0) is 0 Å². The zero-order chi connectivity index (χ0) is 17.6. The maximum atomic E-state index is 12.7. The standard InChI is InChI=1S/C18H20N4O2S/c1-10-9-22(17(23)14-4-3-11(2)25-14)8-6-12(10)13-5-7-19-16-15(13)20-18(24)21-16/h3-5,7,10,12H,6,8-9H2,1-2H3,(H2,19,20,21,24). The predicted octanol–water partition coefficient (Wildman–Crippen LogP) is 2.89. The number of nitrogens with zero attached hydrogens (tertiary/aromatic N) is 2.